The van der Waals surface area contributed by atoms with Crippen LogP contribution < -0.4 is 5.32 Å². The number of nitrogens with zero attached hydrogens (tertiary/aromatic N) is 1. The van der Waals surface area contributed by atoms with E-state index in [4.69, 9.17) is 23.8 Å². The van der Waals surface area contributed by atoms with Crippen LogP contribution in [0.3, 0.4) is 0 Å². The highest BCUT2D eigenvalue weighted by Gasteiger charge is 2.31. The molecule has 4 nitrogen and oxygen atoms in total. The molecule has 0 spiro atoms. The molecule has 0 bridgehead atoms. The van der Waals surface area contributed by atoms with E-state index in [1.54, 1.807) is 17.0 Å². The van der Waals surface area contributed by atoms with Gasteiger partial charge in [0.15, 0.2) is 0 Å². The Bertz CT molecular complexity index is 1000. The Kier molecular flexibility index (Phi) is 7.11. The molecule has 1 N–H and O–H groups in total. The van der Waals surface area contributed by atoms with Crippen molar-refractivity contribution in [1.82, 2.24) is 4.90 Å². The number of carbonyl (C=O) groups is 2. The second kappa shape index (κ2) is 9.57. The lowest BCUT2D eigenvalue weighted by atomic mass is 10.1. The van der Waals surface area contributed by atoms with E-state index in [0.29, 0.717) is 33.6 Å². The third-order valence-electron chi connectivity index (χ3n) is 4.51. The van der Waals surface area contributed by atoms with Gasteiger partial charge in [0, 0.05) is 23.7 Å². The molecule has 150 valence electrons. The van der Waals surface area contributed by atoms with Gasteiger partial charge in [-0.05, 0) is 49.6 Å². The normalized spacial score (nSPS) is 15.3. The summed E-state index contributed by atoms with van der Waals surface area (Å²) in [7, 11) is 0. The smallest absolute Gasteiger partial charge is 0.266 e. The number of thiocarbonyl (C=S) groups is 1. The van der Waals surface area contributed by atoms with Crippen molar-refractivity contribution >= 4 is 63.5 Å². The zero-order chi connectivity index (χ0) is 21.0. The first-order chi connectivity index (χ1) is 13.8. The number of hydrogen-bond acceptors (Lipinski definition) is 4. The van der Waals surface area contributed by atoms with E-state index in [0.717, 1.165) is 22.4 Å². The molecule has 0 aromatic heterocycles. The van der Waals surface area contributed by atoms with Crippen LogP contribution in [0.5, 0.6) is 0 Å². The van der Waals surface area contributed by atoms with Gasteiger partial charge in [0.05, 0.1) is 4.91 Å². The topological polar surface area (TPSA) is 49.4 Å². The third-order valence-corrected chi connectivity index (χ3v) is 6.23. The molecule has 2 aromatic rings. The Morgan fingerprint density at radius 2 is 2.00 bits per heavy atom. The number of carbonyl (C=O) groups excluding carboxylic acids is 2. The Hall–Kier alpha value is -2.15. The van der Waals surface area contributed by atoms with E-state index >= 15 is 0 Å². The zero-order valence-electron chi connectivity index (χ0n) is 16.2. The van der Waals surface area contributed by atoms with Gasteiger partial charge < -0.3 is 5.32 Å². The predicted octanol–water partition coefficient (Wildman–Crippen LogP) is 5.58. The number of amides is 2. The number of nitrogens with one attached hydrogen (secondary N) is 1. The fraction of sp³-hybridized carbons (Fsp3) is 0.227. The van der Waals surface area contributed by atoms with E-state index < -0.39 is 0 Å². The summed E-state index contributed by atoms with van der Waals surface area (Å²) in [6, 6.07) is 13.2. The van der Waals surface area contributed by atoms with Crippen LogP contribution in [0.1, 0.15) is 29.5 Å². The van der Waals surface area contributed by atoms with Gasteiger partial charge in [-0.1, -0.05) is 71.5 Å². The summed E-state index contributed by atoms with van der Waals surface area (Å²) in [6.45, 7) is 4.39. The van der Waals surface area contributed by atoms with Gasteiger partial charge in [-0.2, -0.15) is 0 Å². The van der Waals surface area contributed by atoms with Gasteiger partial charge in [0.1, 0.15) is 4.32 Å². The molecule has 1 fully saturated rings. The number of aryl methyl sites for hydroxylation is 2. The molecule has 1 saturated heterocycles. The Labute approximate surface area is 185 Å². The van der Waals surface area contributed by atoms with Crippen molar-refractivity contribution in [3.05, 3.63) is 69.1 Å². The summed E-state index contributed by atoms with van der Waals surface area (Å²) >= 11 is 12.8. The lowest BCUT2D eigenvalue weighted by Gasteiger charge is -2.14. The SMILES string of the molecule is Cc1ccc(NC(=O)CCCN2C(=O)/C(=C/c3ccccc3Cl)SC2=S)c(C)c1. The molecule has 7 heteroatoms. The van der Waals surface area contributed by atoms with E-state index in [9.17, 15) is 9.59 Å². The summed E-state index contributed by atoms with van der Waals surface area (Å²) in [6.07, 6.45) is 2.60. The lowest BCUT2D eigenvalue weighted by Crippen LogP contribution is -2.29. The van der Waals surface area contributed by atoms with Gasteiger partial charge in [-0.25, -0.2) is 0 Å². The summed E-state index contributed by atoms with van der Waals surface area (Å²) in [5, 5.41) is 3.51. The highest BCUT2D eigenvalue weighted by molar-refractivity contribution is 8.26. The highest BCUT2D eigenvalue weighted by Crippen LogP contribution is 2.33. The Balaban J connectivity index is 1.55. The molecule has 1 heterocycles. The molecule has 0 radical (unpaired) electrons. The first-order valence-corrected chi connectivity index (χ1v) is 10.8. The van der Waals surface area contributed by atoms with E-state index in [1.807, 2.05) is 50.2 Å². The minimum Gasteiger partial charge on any atom is -0.326 e. The summed E-state index contributed by atoms with van der Waals surface area (Å²) in [5.41, 5.74) is 3.77. The fourth-order valence-electron chi connectivity index (χ4n) is 2.99. The maximum absolute atomic E-state index is 12.7. The molecular formula is C22H21ClN2O2S2. The van der Waals surface area contributed by atoms with Gasteiger partial charge >= 0.3 is 0 Å². The first-order valence-electron chi connectivity index (χ1n) is 9.22. The zero-order valence-corrected chi connectivity index (χ0v) is 18.6. The average molecular weight is 445 g/mol. The number of anilines is 1. The van der Waals surface area contributed by atoms with Gasteiger partial charge in [0.2, 0.25) is 5.91 Å². The molecule has 29 heavy (non-hydrogen) atoms. The molecule has 2 amide bonds. The average Bonchev–Trinajstić information content (AvgIpc) is 2.93. The van der Waals surface area contributed by atoms with Crippen LogP contribution in [-0.4, -0.2) is 27.6 Å². The van der Waals surface area contributed by atoms with Crippen molar-refractivity contribution in [2.75, 3.05) is 11.9 Å². The molecule has 0 unspecified atom stereocenters. The number of rotatable bonds is 6. The number of thioether (sulfide) groups is 1. The highest BCUT2D eigenvalue weighted by atomic mass is 35.5. The van der Waals surface area contributed by atoms with Crippen LogP contribution in [0.2, 0.25) is 5.02 Å². The molecule has 3 rings (SSSR count). The quantitative estimate of drug-likeness (QED) is 0.467. The monoisotopic (exact) mass is 444 g/mol. The number of hydrogen-bond donors (Lipinski definition) is 1. The summed E-state index contributed by atoms with van der Waals surface area (Å²) in [4.78, 5) is 27.0. The Morgan fingerprint density at radius 1 is 1.24 bits per heavy atom. The van der Waals surface area contributed by atoms with Crippen molar-refractivity contribution in [2.24, 2.45) is 0 Å². The maximum Gasteiger partial charge on any atom is 0.266 e. The van der Waals surface area contributed by atoms with E-state index in [2.05, 4.69) is 5.32 Å². The van der Waals surface area contributed by atoms with E-state index in [-0.39, 0.29) is 11.8 Å². The molecule has 1 aliphatic heterocycles. The van der Waals surface area contributed by atoms with Crippen molar-refractivity contribution < 1.29 is 9.59 Å². The molecule has 0 aliphatic carbocycles. The molecule has 0 saturated carbocycles. The van der Waals surface area contributed by atoms with Crippen LogP contribution in [-0.2, 0) is 9.59 Å². The first kappa shape index (κ1) is 21.6. The van der Waals surface area contributed by atoms with Crippen LogP contribution in [0.4, 0.5) is 5.69 Å². The van der Waals surface area contributed by atoms with Gasteiger partial charge in [-0.3, -0.25) is 14.5 Å². The van der Waals surface area contributed by atoms with Crippen LogP contribution in [0.25, 0.3) is 6.08 Å². The molecule has 2 aromatic carbocycles. The molecular weight excluding hydrogens is 424 g/mol. The van der Waals surface area contributed by atoms with Crippen molar-refractivity contribution in [3.8, 4) is 0 Å². The van der Waals surface area contributed by atoms with Gasteiger partial charge in [-0.15, -0.1) is 0 Å². The number of benzene rings is 2. The van der Waals surface area contributed by atoms with Crippen LogP contribution >= 0.6 is 35.6 Å². The standard InChI is InChI=1S/C22H21ClN2O2S2/c1-14-9-10-18(15(2)12-14)24-20(26)8-5-11-25-21(27)19(29-22(25)28)13-16-6-3-4-7-17(16)23/h3-4,6-7,9-10,12-13H,5,8,11H2,1-2H3,(H,24,26)/b19-13-. The van der Waals surface area contributed by atoms with Crippen molar-refractivity contribution in [2.45, 2.75) is 26.7 Å². The molecule has 0 atom stereocenters. The minimum atomic E-state index is -0.144. The number of halogens is 1. The summed E-state index contributed by atoms with van der Waals surface area (Å²) < 4.78 is 0.503. The minimum absolute atomic E-state index is 0.0750. The van der Waals surface area contributed by atoms with Crippen LogP contribution in [0.15, 0.2) is 47.4 Å². The van der Waals surface area contributed by atoms with Gasteiger partial charge in [0.25, 0.3) is 5.91 Å². The molecule has 1 aliphatic rings. The largest absolute Gasteiger partial charge is 0.326 e. The summed E-state index contributed by atoms with van der Waals surface area (Å²) in [5.74, 6) is -0.219. The second-order valence-corrected chi connectivity index (χ2v) is 8.91. The van der Waals surface area contributed by atoms with Crippen molar-refractivity contribution in [3.63, 3.8) is 0 Å². The fourth-order valence-corrected chi connectivity index (χ4v) is 4.48. The predicted molar refractivity (Wildman–Crippen MR) is 125 cm³/mol. The van der Waals surface area contributed by atoms with Crippen LogP contribution in [0, 0.1) is 13.8 Å². The van der Waals surface area contributed by atoms with Crippen molar-refractivity contribution in [1.29, 1.82) is 0 Å². The maximum atomic E-state index is 12.7. The third kappa shape index (κ3) is 5.47. The Morgan fingerprint density at radius 3 is 2.72 bits per heavy atom. The van der Waals surface area contributed by atoms with E-state index in [1.165, 1.54) is 11.8 Å². The second-order valence-electron chi connectivity index (χ2n) is 6.82. The lowest BCUT2D eigenvalue weighted by molar-refractivity contribution is -0.122.